The van der Waals surface area contributed by atoms with Crippen molar-refractivity contribution >= 4 is 11.6 Å². The zero-order chi connectivity index (χ0) is 15.3. The molecule has 1 aromatic carbocycles. The van der Waals surface area contributed by atoms with E-state index in [1.807, 2.05) is 6.07 Å². The van der Waals surface area contributed by atoms with Gasteiger partial charge in [0.2, 0.25) is 0 Å². The Bertz CT molecular complexity index is 443. The van der Waals surface area contributed by atoms with Crippen LogP contribution >= 0.6 is 11.6 Å². The van der Waals surface area contributed by atoms with Crippen molar-refractivity contribution in [3.05, 3.63) is 34.9 Å². The quantitative estimate of drug-likeness (QED) is 0.850. The van der Waals surface area contributed by atoms with Crippen molar-refractivity contribution < 1.29 is 0 Å². The number of likely N-dealkylation sites (tertiary alicyclic amines) is 1. The SMILES string of the molecule is CCC(C)(C(Cc1cccc(Cl)c1)NC)N1CCCCC1. The van der Waals surface area contributed by atoms with Crippen molar-refractivity contribution in [1.29, 1.82) is 0 Å². The third-order valence-corrected chi connectivity index (χ3v) is 5.46. The summed E-state index contributed by atoms with van der Waals surface area (Å²) in [4.78, 5) is 2.70. The molecule has 2 nitrogen and oxygen atoms in total. The van der Waals surface area contributed by atoms with E-state index < -0.39 is 0 Å². The maximum Gasteiger partial charge on any atom is 0.0408 e. The Morgan fingerprint density at radius 3 is 2.57 bits per heavy atom. The third kappa shape index (κ3) is 4.00. The summed E-state index contributed by atoms with van der Waals surface area (Å²) in [5.41, 5.74) is 1.52. The van der Waals surface area contributed by atoms with Crippen LogP contribution in [0.4, 0.5) is 0 Å². The first kappa shape index (κ1) is 16.8. The van der Waals surface area contributed by atoms with E-state index in [1.165, 1.54) is 44.3 Å². The zero-order valence-electron chi connectivity index (χ0n) is 13.7. The fourth-order valence-corrected chi connectivity index (χ4v) is 3.84. The van der Waals surface area contributed by atoms with Gasteiger partial charge in [0.25, 0.3) is 0 Å². The summed E-state index contributed by atoms with van der Waals surface area (Å²) < 4.78 is 0. The monoisotopic (exact) mass is 308 g/mol. The van der Waals surface area contributed by atoms with Crippen LogP contribution in [0.2, 0.25) is 5.02 Å². The number of piperidine rings is 1. The van der Waals surface area contributed by atoms with Crippen molar-refractivity contribution in [2.75, 3.05) is 20.1 Å². The van der Waals surface area contributed by atoms with Gasteiger partial charge in [-0.25, -0.2) is 0 Å². The smallest absolute Gasteiger partial charge is 0.0408 e. The van der Waals surface area contributed by atoms with Crippen LogP contribution in [0, 0.1) is 0 Å². The molecule has 0 amide bonds. The Labute approximate surface area is 134 Å². The summed E-state index contributed by atoms with van der Waals surface area (Å²) in [5, 5.41) is 4.41. The summed E-state index contributed by atoms with van der Waals surface area (Å²) in [6.45, 7) is 7.21. The predicted molar refractivity (Wildman–Crippen MR) is 92.1 cm³/mol. The molecule has 21 heavy (non-hydrogen) atoms. The summed E-state index contributed by atoms with van der Waals surface area (Å²) in [5.74, 6) is 0. The van der Waals surface area contributed by atoms with Gasteiger partial charge in [0, 0.05) is 16.6 Å². The Hall–Kier alpha value is -0.570. The molecule has 2 atom stereocenters. The van der Waals surface area contributed by atoms with Gasteiger partial charge in [-0.3, -0.25) is 4.90 Å². The number of rotatable bonds is 6. The lowest BCUT2D eigenvalue weighted by molar-refractivity contribution is 0.0453. The molecule has 2 unspecified atom stereocenters. The van der Waals surface area contributed by atoms with E-state index in [-0.39, 0.29) is 5.54 Å². The number of hydrogen-bond donors (Lipinski definition) is 1. The minimum atomic E-state index is 0.206. The summed E-state index contributed by atoms with van der Waals surface area (Å²) in [6.07, 6.45) is 6.25. The normalized spacial score (nSPS) is 21.0. The molecule has 1 aliphatic heterocycles. The van der Waals surface area contributed by atoms with Gasteiger partial charge in [-0.2, -0.15) is 0 Å². The molecular weight excluding hydrogens is 280 g/mol. The van der Waals surface area contributed by atoms with Gasteiger partial charge in [-0.15, -0.1) is 0 Å². The van der Waals surface area contributed by atoms with Gasteiger partial charge in [-0.05, 0) is 70.4 Å². The minimum absolute atomic E-state index is 0.206. The highest BCUT2D eigenvalue weighted by Gasteiger charge is 2.37. The van der Waals surface area contributed by atoms with Gasteiger partial charge >= 0.3 is 0 Å². The van der Waals surface area contributed by atoms with Gasteiger partial charge in [0.05, 0.1) is 0 Å². The van der Waals surface area contributed by atoms with E-state index in [0.717, 1.165) is 11.4 Å². The molecule has 0 radical (unpaired) electrons. The number of nitrogens with one attached hydrogen (secondary N) is 1. The molecule has 118 valence electrons. The number of benzene rings is 1. The fraction of sp³-hybridized carbons (Fsp3) is 0.667. The second-order valence-electron chi connectivity index (χ2n) is 6.43. The number of likely N-dealkylation sites (N-methyl/N-ethyl adjacent to an activating group) is 1. The Balaban J connectivity index is 2.16. The van der Waals surface area contributed by atoms with Crippen LogP contribution in [0.3, 0.4) is 0 Å². The van der Waals surface area contributed by atoms with Crippen molar-refractivity contribution in [2.45, 2.75) is 57.5 Å². The fourth-order valence-electron chi connectivity index (χ4n) is 3.63. The molecule has 0 aromatic heterocycles. The predicted octanol–water partition coefficient (Wildman–Crippen LogP) is 4.13. The number of nitrogens with zero attached hydrogens (tertiary/aromatic N) is 1. The number of halogens is 1. The highest BCUT2D eigenvalue weighted by molar-refractivity contribution is 6.30. The maximum atomic E-state index is 6.14. The molecule has 1 fully saturated rings. The Morgan fingerprint density at radius 2 is 2.00 bits per heavy atom. The molecule has 0 spiro atoms. The Morgan fingerprint density at radius 1 is 1.29 bits per heavy atom. The van der Waals surface area contributed by atoms with Crippen LogP contribution in [0.1, 0.15) is 45.1 Å². The molecule has 0 bridgehead atoms. The van der Waals surface area contributed by atoms with Crippen LogP contribution < -0.4 is 5.32 Å². The van der Waals surface area contributed by atoms with Crippen molar-refractivity contribution in [3.63, 3.8) is 0 Å². The van der Waals surface area contributed by atoms with Crippen molar-refractivity contribution in [2.24, 2.45) is 0 Å². The average molecular weight is 309 g/mol. The highest BCUT2D eigenvalue weighted by Crippen LogP contribution is 2.29. The van der Waals surface area contributed by atoms with Gasteiger partial charge in [-0.1, -0.05) is 37.1 Å². The minimum Gasteiger partial charge on any atom is -0.315 e. The first-order valence-electron chi connectivity index (χ1n) is 8.27. The molecule has 1 heterocycles. The van der Waals surface area contributed by atoms with Gasteiger partial charge in [0.1, 0.15) is 0 Å². The largest absolute Gasteiger partial charge is 0.315 e. The van der Waals surface area contributed by atoms with E-state index in [1.54, 1.807) is 0 Å². The first-order valence-corrected chi connectivity index (χ1v) is 8.64. The molecule has 1 N–H and O–H groups in total. The molecular formula is C18H29ClN2. The first-order chi connectivity index (χ1) is 10.1. The molecule has 3 heteroatoms. The number of hydrogen-bond acceptors (Lipinski definition) is 2. The standard InChI is InChI=1S/C18H29ClN2/c1-4-18(2,21-11-6-5-7-12-21)17(20-3)14-15-9-8-10-16(19)13-15/h8-10,13,17,20H,4-7,11-12,14H2,1-3H3. The van der Waals surface area contributed by atoms with E-state index >= 15 is 0 Å². The third-order valence-electron chi connectivity index (χ3n) is 5.22. The van der Waals surface area contributed by atoms with Crippen LogP contribution in [-0.2, 0) is 6.42 Å². The van der Waals surface area contributed by atoms with E-state index in [9.17, 15) is 0 Å². The lowest BCUT2D eigenvalue weighted by atomic mass is 9.82. The van der Waals surface area contributed by atoms with E-state index in [0.29, 0.717) is 6.04 Å². The summed E-state index contributed by atoms with van der Waals surface area (Å²) in [6, 6.07) is 8.72. The van der Waals surface area contributed by atoms with E-state index in [4.69, 9.17) is 11.6 Å². The molecule has 0 aliphatic carbocycles. The van der Waals surface area contributed by atoms with Crippen LogP contribution in [-0.4, -0.2) is 36.6 Å². The highest BCUT2D eigenvalue weighted by atomic mass is 35.5. The molecule has 1 aliphatic rings. The second kappa shape index (κ2) is 7.62. The van der Waals surface area contributed by atoms with Crippen molar-refractivity contribution in [1.82, 2.24) is 10.2 Å². The lowest BCUT2D eigenvalue weighted by Gasteiger charge is -2.48. The molecule has 1 aromatic rings. The van der Waals surface area contributed by atoms with Crippen LogP contribution in [0.15, 0.2) is 24.3 Å². The van der Waals surface area contributed by atoms with Crippen LogP contribution in [0.25, 0.3) is 0 Å². The average Bonchev–Trinajstić information content (AvgIpc) is 2.53. The van der Waals surface area contributed by atoms with Gasteiger partial charge < -0.3 is 5.32 Å². The topological polar surface area (TPSA) is 15.3 Å². The zero-order valence-corrected chi connectivity index (χ0v) is 14.4. The molecule has 1 saturated heterocycles. The molecule has 0 saturated carbocycles. The van der Waals surface area contributed by atoms with E-state index in [2.05, 4.69) is 49.3 Å². The lowest BCUT2D eigenvalue weighted by Crippen LogP contribution is -2.60. The molecule has 2 rings (SSSR count). The van der Waals surface area contributed by atoms with Crippen molar-refractivity contribution in [3.8, 4) is 0 Å². The maximum absolute atomic E-state index is 6.14. The van der Waals surface area contributed by atoms with Gasteiger partial charge in [0.15, 0.2) is 0 Å². The summed E-state index contributed by atoms with van der Waals surface area (Å²) in [7, 11) is 2.09. The second-order valence-corrected chi connectivity index (χ2v) is 6.87. The summed E-state index contributed by atoms with van der Waals surface area (Å²) >= 11 is 6.14. The Kier molecular flexibility index (Phi) is 6.09. The van der Waals surface area contributed by atoms with Crippen LogP contribution in [0.5, 0.6) is 0 Å².